The van der Waals surface area contributed by atoms with Crippen molar-refractivity contribution in [2.45, 2.75) is 37.9 Å². The Morgan fingerprint density at radius 1 is 1.19 bits per heavy atom. The Morgan fingerprint density at radius 3 is 2.69 bits per heavy atom. The molecule has 2 aromatic carbocycles. The molecule has 12 heteroatoms. The van der Waals surface area contributed by atoms with Crippen molar-refractivity contribution >= 4 is 46.4 Å². The van der Waals surface area contributed by atoms with Gasteiger partial charge >= 0.3 is 23.8 Å². The van der Waals surface area contributed by atoms with Crippen LogP contribution in [-0.2, 0) is 17.8 Å². The zero-order chi connectivity index (χ0) is 25.4. The number of hydrogen-bond acceptors (Lipinski definition) is 5. The van der Waals surface area contributed by atoms with Gasteiger partial charge in [0.05, 0.1) is 5.52 Å². The fourth-order valence-corrected chi connectivity index (χ4v) is 4.97. The quantitative estimate of drug-likeness (QED) is 0.412. The Labute approximate surface area is 210 Å². The zero-order valence-corrected chi connectivity index (χ0v) is 19.9. The number of likely N-dealkylation sites (tertiary alicyclic amines) is 1. The topological polar surface area (TPSA) is 148 Å². The van der Waals surface area contributed by atoms with E-state index in [-0.39, 0.29) is 29.1 Å². The number of amides is 4. The van der Waals surface area contributed by atoms with E-state index in [9.17, 15) is 24.3 Å². The number of halogens is 1. The highest BCUT2D eigenvalue weighted by molar-refractivity contribution is 6.32. The van der Waals surface area contributed by atoms with Crippen LogP contribution in [0.15, 0.2) is 45.6 Å². The van der Waals surface area contributed by atoms with Crippen molar-refractivity contribution in [3.05, 3.63) is 63.1 Å². The Hall–Kier alpha value is -3.99. The molecule has 0 aliphatic carbocycles. The van der Waals surface area contributed by atoms with Crippen LogP contribution in [0.1, 0.15) is 24.0 Å². The first kappa shape index (κ1) is 23.7. The van der Waals surface area contributed by atoms with E-state index in [1.807, 2.05) is 24.3 Å². The number of hydrogen-bond donors (Lipinski definition) is 4. The molecule has 2 aliphatic heterocycles. The predicted octanol–water partition coefficient (Wildman–Crippen LogP) is 2.99. The molecule has 11 nitrogen and oxygen atoms in total. The zero-order valence-electron chi connectivity index (χ0n) is 19.1. The van der Waals surface area contributed by atoms with Crippen LogP contribution in [0.4, 0.5) is 15.3 Å². The molecule has 1 saturated heterocycles. The minimum atomic E-state index is -1.24. The molecule has 188 valence electrons. The number of aromatic nitrogens is 1. The van der Waals surface area contributed by atoms with E-state index in [1.54, 1.807) is 9.80 Å². The Morgan fingerprint density at radius 2 is 1.94 bits per heavy atom. The van der Waals surface area contributed by atoms with Crippen molar-refractivity contribution in [3.8, 4) is 0 Å². The SMILES string of the molecule is O=C(O)C(Cc1cc2oc(=O)[nH]c2cc1Cl)NC(=O)N1CCC(N2Cc3ccccc3NC2=O)CC1. The van der Waals surface area contributed by atoms with Crippen molar-refractivity contribution < 1.29 is 23.9 Å². The van der Waals surface area contributed by atoms with E-state index >= 15 is 0 Å². The van der Waals surface area contributed by atoms with Crippen molar-refractivity contribution in [2.75, 3.05) is 18.4 Å². The van der Waals surface area contributed by atoms with Gasteiger partial charge in [-0.2, -0.15) is 0 Å². The lowest BCUT2D eigenvalue weighted by atomic mass is 10.0. The number of benzene rings is 2. The summed E-state index contributed by atoms with van der Waals surface area (Å²) in [6.45, 7) is 1.28. The molecule has 1 atom stereocenters. The van der Waals surface area contributed by atoms with Gasteiger partial charge in [-0.25, -0.2) is 19.2 Å². The molecule has 0 radical (unpaired) electrons. The van der Waals surface area contributed by atoms with Crippen LogP contribution in [0.3, 0.4) is 0 Å². The fourth-order valence-electron chi connectivity index (χ4n) is 4.73. The maximum absolute atomic E-state index is 12.9. The number of aliphatic carboxylic acids is 1. The van der Waals surface area contributed by atoms with Crippen LogP contribution in [0.5, 0.6) is 0 Å². The number of anilines is 1. The van der Waals surface area contributed by atoms with Crippen LogP contribution in [0, 0.1) is 0 Å². The number of oxazole rings is 1. The Kier molecular flexibility index (Phi) is 6.31. The second-order valence-electron chi connectivity index (χ2n) is 8.93. The number of piperidine rings is 1. The van der Waals surface area contributed by atoms with Crippen molar-refractivity contribution in [1.82, 2.24) is 20.1 Å². The predicted molar refractivity (Wildman–Crippen MR) is 131 cm³/mol. The molecule has 1 aromatic heterocycles. The fraction of sp³-hybridized carbons (Fsp3) is 0.333. The van der Waals surface area contributed by atoms with Gasteiger partial charge in [0.25, 0.3) is 0 Å². The number of carboxylic acid groups (broad SMARTS) is 1. The highest BCUT2D eigenvalue weighted by Crippen LogP contribution is 2.28. The molecular weight excluding hydrogens is 490 g/mol. The van der Waals surface area contributed by atoms with Crippen molar-refractivity contribution in [1.29, 1.82) is 0 Å². The van der Waals surface area contributed by atoms with Crippen LogP contribution in [-0.4, -0.2) is 63.1 Å². The summed E-state index contributed by atoms with van der Waals surface area (Å²) < 4.78 is 5.02. The van der Waals surface area contributed by atoms with Crippen LogP contribution < -0.4 is 16.4 Å². The van der Waals surface area contributed by atoms with E-state index in [4.69, 9.17) is 16.0 Å². The normalized spacial score (nSPS) is 17.0. The molecule has 0 spiro atoms. The Balaban J connectivity index is 1.20. The summed E-state index contributed by atoms with van der Waals surface area (Å²) in [6.07, 6.45) is 1.07. The van der Waals surface area contributed by atoms with Gasteiger partial charge in [0, 0.05) is 42.8 Å². The van der Waals surface area contributed by atoms with Gasteiger partial charge in [-0.3, -0.25) is 4.98 Å². The number of para-hydroxylation sites is 1. The summed E-state index contributed by atoms with van der Waals surface area (Å²) in [5, 5.41) is 15.4. The average Bonchev–Trinajstić information content (AvgIpc) is 3.21. The van der Waals surface area contributed by atoms with Crippen LogP contribution in [0.2, 0.25) is 5.02 Å². The summed E-state index contributed by atoms with van der Waals surface area (Å²) in [4.78, 5) is 54.6. The minimum absolute atomic E-state index is 0.0285. The van der Waals surface area contributed by atoms with E-state index in [2.05, 4.69) is 15.6 Å². The number of H-pyrrole nitrogens is 1. The summed E-state index contributed by atoms with van der Waals surface area (Å²) in [7, 11) is 0. The van der Waals surface area contributed by atoms with Crippen LogP contribution in [0.25, 0.3) is 11.1 Å². The van der Waals surface area contributed by atoms with Gasteiger partial charge in [0.1, 0.15) is 6.04 Å². The molecule has 36 heavy (non-hydrogen) atoms. The Bertz CT molecular complexity index is 1390. The molecule has 1 unspecified atom stereocenters. The monoisotopic (exact) mass is 513 g/mol. The number of aromatic amines is 1. The third-order valence-corrected chi connectivity index (χ3v) is 7.01. The highest BCUT2D eigenvalue weighted by Gasteiger charge is 2.33. The minimum Gasteiger partial charge on any atom is -0.480 e. The van der Waals surface area contributed by atoms with Crippen molar-refractivity contribution in [2.24, 2.45) is 0 Å². The molecule has 0 saturated carbocycles. The molecule has 0 bridgehead atoms. The number of carbonyl (C=O) groups excluding carboxylic acids is 2. The van der Waals surface area contributed by atoms with E-state index in [0.29, 0.717) is 43.6 Å². The maximum atomic E-state index is 12.9. The summed E-state index contributed by atoms with van der Waals surface area (Å²) >= 11 is 6.26. The van der Waals surface area contributed by atoms with Gasteiger partial charge in [0.15, 0.2) is 5.58 Å². The number of carbonyl (C=O) groups is 3. The lowest BCUT2D eigenvalue weighted by Gasteiger charge is -2.40. The second kappa shape index (κ2) is 9.57. The molecule has 4 amide bonds. The molecule has 1 fully saturated rings. The summed E-state index contributed by atoms with van der Waals surface area (Å²) in [6, 6.07) is 8.71. The molecule has 3 aromatic rings. The lowest BCUT2D eigenvalue weighted by Crippen LogP contribution is -2.54. The molecule has 2 aliphatic rings. The summed E-state index contributed by atoms with van der Waals surface area (Å²) in [5.41, 5.74) is 2.93. The first-order chi connectivity index (χ1) is 17.3. The second-order valence-corrected chi connectivity index (χ2v) is 9.34. The number of fused-ring (bicyclic) bond motifs is 2. The van der Waals surface area contributed by atoms with E-state index in [0.717, 1.165) is 11.3 Å². The third-order valence-electron chi connectivity index (χ3n) is 6.66. The lowest BCUT2D eigenvalue weighted by molar-refractivity contribution is -0.139. The third kappa shape index (κ3) is 4.74. The van der Waals surface area contributed by atoms with E-state index in [1.165, 1.54) is 12.1 Å². The number of urea groups is 2. The standard InChI is InChI=1S/C24H24ClN5O6/c25-16-11-18-20(36-24(35)28-18)10-14(16)9-19(21(31)32)27-22(33)29-7-5-15(6-8-29)30-12-13-3-1-2-4-17(13)26-23(30)34/h1-4,10-11,15,19H,5-9,12H2,(H,26,34)(H,27,33)(H,28,35)(H,31,32). The van der Waals surface area contributed by atoms with Gasteiger partial charge < -0.3 is 30.0 Å². The highest BCUT2D eigenvalue weighted by atomic mass is 35.5. The largest absolute Gasteiger partial charge is 0.480 e. The van der Waals surface area contributed by atoms with Gasteiger partial charge in [0.2, 0.25) is 0 Å². The molecule has 5 rings (SSSR count). The van der Waals surface area contributed by atoms with E-state index < -0.39 is 23.8 Å². The molecule has 3 heterocycles. The first-order valence-electron chi connectivity index (χ1n) is 11.5. The average molecular weight is 514 g/mol. The van der Waals surface area contributed by atoms with Crippen LogP contribution >= 0.6 is 11.6 Å². The number of nitrogens with zero attached hydrogens (tertiary/aromatic N) is 2. The molecule has 4 N–H and O–H groups in total. The van der Waals surface area contributed by atoms with Gasteiger partial charge in [-0.1, -0.05) is 29.8 Å². The van der Waals surface area contributed by atoms with Crippen molar-refractivity contribution in [3.63, 3.8) is 0 Å². The van der Waals surface area contributed by atoms with Gasteiger partial charge in [-0.15, -0.1) is 0 Å². The number of rotatable bonds is 5. The maximum Gasteiger partial charge on any atom is 0.417 e. The molecular formula is C24H24ClN5O6. The first-order valence-corrected chi connectivity index (χ1v) is 11.9. The summed E-state index contributed by atoms with van der Waals surface area (Å²) in [5.74, 6) is -1.86. The number of carboxylic acids is 1. The number of nitrogens with one attached hydrogen (secondary N) is 3. The van der Waals surface area contributed by atoms with Gasteiger partial charge in [-0.05, 0) is 42.2 Å². The smallest absolute Gasteiger partial charge is 0.417 e.